The van der Waals surface area contributed by atoms with Gasteiger partial charge in [0.25, 0.3) is 0 Å². The first-order valence-electron chi connectivity index (χ1n) is 8.84. The lowest BCUT2D eigenvalue weighted by Gasteiger charge is -2.10. The zero-order valence-corrected chi connectivity index (χ0v) is 14.4. The van der Waals surface area contributed by atoms with E-state index in [0.29, 0.717) is 5.37 Å². The van der Waals surface area contributed by atoms with Crippen molar-refractivity contribution in [2.24, 2.45) is 0 Å². The minimum Gasteiger partial charge on any atom is -0.480 e. The second kappa shape index (κ2) is 12.3. The summed E-state index contributed by atoms with van der Waals surface area (Å²) in [6.45, 7) is 2.27. The van der Waals surface area contributed by atoms with E-state index in [2.05, 4.69) is 12.2 Å². The van der Waals surface area contributed by atoms with Gasteiger partial charge in [-0.05, 0) is 6.42 Å². The minimum atomic E-state index is -0.705. The summed E-state index contributed by atoms with van der Waals surface area (Å²) < 4.78 is 0. The van der Waals surface area contributed by atoms with Crippen molar-refractivity contribution < 1.29 is 9.90 Å². The summed E-state index contributed by atoms with van der Waals surface area (Å²) in [5, 5.41) is 12.5. The molecule has 1 fully saturated rings. The third-order valence-electron chi connectivity index (χ3n) is 4.22. The lowest BCUT2D eigenvalue weighted by molar-refractivity contribution is -0.138. The average molecular weight is 316 g/mol. The van der Waals surface area contributed by atoms with E-state index in [1.165, 1.54) is 70.6 Å². The predicted molar refractivity (Wildman–Crippen MR) is 91.9 cm³/mol. The van der Waals surface area contributed by atoms with Gasteiger partial charge < -0.3 is 5.11 Å². The van der Waals surface area contributed by atoms with Gasteiger partial charge in [0.15, 0.2) is 0 Å². The molecule has 1 heterocycles. The first-order chi connectivity index (χ1) is 10.2. The maximum atomic E-state index is 10.8. The summed E-state index contributed by atoms with van der Waals surface area (Å²) in [7, 11) is 0. The second-order valence-corrected chi connectivity index (χ2v) is 7.44. The predicted octanol–water partition coefficient (Wildman–Crippen LogP) is 4.80. The molecule has 0 aromatic rings. The largest absolute Gasteiger partial charge is 0.480 e. The highest BCUT2D eigenvalue weighted by Crippen LogP contribution is 2.23. The Bertz CT molecular complexity index is 274. The van der Waals surface area contributed by atoms with Crippen molar-refractivity contribution in [2.75, 3.05) is 5.75 Å². The zero-order chi connectivity index (χ0) is 15.3. The average Bonchev–Trinajstić information content (AvgIpc) is 2.94. The molecule has 1 aliphatic rings. The minimum absolute atomic E-state index is 0.326. The van der Waals surface area contributed by atoms with Crippen molar-refractivity contribution in [2.45, 2.75) is 95.4 Å². The van der Waals surface area contributed by atoms with Crippen LogP contribution < -0.4 is 5.32 Å². The Hall–Kier alpha value is -0.220. The molecule has 2 atom stereocenters. The molecular weight excluding hydrogens is 282 g/mol. The van der Waals surface area contributed by atoms with Crippen molar-refractivity contribution in [3.8, 4) is 0 Å². The summed E-state index contributed by atoms with van der Waals surface area (Å²) in [6.07, 6.45) is 16.1. The number of hydrogen-bond donors (Lipinski definition) is 2. The van der Waals surface area contributed by atoms with Crippen LogP contribution in [0.2, 0.25) is 0 Å². The Labute approximate surface area is 134 Å². The van der Waals surface area contributed by atoms with Crippen LogP contribution in [0.15, 0.2) is 0 Å². The number of aliphatic carboxylic acids is 1. The van der Waals surface area contributed by atoms with Crippen LogP contribution in [0, 0.1) is 0 Å². The first-order valence-corrected chi connectivity index (χ1v) is 9.89. The smallest absolute Gasteiger partial charge is 0.321 e. The van der Waals surface area contributed by atoms with Crippen molar-refractivity contribution in [1.29, 1.82) is 0 Å². The fraction of sp³-hybridized carbons (Fsp3) is 0.941. The third kappa shape index (κ3) is 9.41. The molecule has 0 bridgehead atoms. The fourth-order valence-electron chi connectivity index (χ4n) is 2.84. The van der Waals surface area contributed by atoms with Crippen LogP contribution in [0.1, 0.15) is 84.0 Å². The highest BCUT2D eigenvalue weighted by Gasteiger charge is 2.28. The van der Waals surface area contributed by atoms with E-state index >= 15 is 0 Å². The van der Waals surface area contributed by atoms with Gasteiger partial charge in [0.1, 0.15) is 6.04 Å². The number of thioether (sulfide) groups is 1. The Kier molecular flexibility index (Phi) is 11.1. The number of rotatable bonds is 13. The lowest BCUT2D eigenvalue weighted by atomic mass is 10.1. The number of hydrogen-bond acceptors (Lipinski definition) is 3. The SMILES string of the molecule is CCCCCCCCCCCCC[C@H]1N[C@H](C(=O)O)CS1. The maximum absolute atomic E-state index is 10.8. The van der Waals surface area contributed by atoms with Crippen LogP contribution in [0.4, 0.5) is 0 Å². The van der Waals surface area contributed by atoms with E-state index in [1.54, 1.807) is 11.8 Å². The van der Waals surface area contributed by atoms with Crippen LogP contribution in [0.25, 0.3) is 0 Å². The van der Waals surface area contributed by atoms with E-state index in [0.717, 1.165) is 12.2 Å². The molecule has 0 amide bonds. The maximum Gasteiger partial charge on any atom is 0.321 e. The molecule has 0 radical (unpaired) electrons. The van der Waals surface area contributed by atoms with E-state index in [1.807, 2.05) is 0 Å². The van der Waals surface area contributed by atoms with Gasteiger partial charge in [-0.15, -0.1) is 11.8 Å². The van der Waals surface area contributed by atoms with Crippen molar-refractivity contribution >= 4 is 17.7 Å². The Morgan fingerprint density at radius 3 is 2.00 bits per heavy atom. The second-order valence-electron chi connectivity index (χ2n) is 6.20. The standard InChI is InChI=1S/C17H33NO2S/c1-2-3-4-5-6-7-8-9-10-11-12-13-16-18-15(14-21-16)17(19)20/h15-16,18H,2-14H2,1H3,(H,19,20)/t15-,16-/m0/s1. The Morgan fingerprint density at radius 1 is 1.00 bits per heavy atom. The molecule has 2 N–H and O–H groups in total. The van der Waals surface area contributed by atoms with Crippen molar-refractivity contribution in [3.05, 3.63) is 0 Å². The summed E-state index contributed by atoms with van der Waals surface area (Å²) in [5.41, 5.74) is 0. The normalized spacial score (nSPS) is 21.8. The van der Waals surface area contributed by atoms with Crippen LogP contribution in [0.3, 0.4) is 0 Å². The first kappa shape index (κ1) is 18.8. The van der Waals surface area contributed by atoms with Gasteiger partial charge in [0.2, 0.25) is 0 Å². The molecule has 124 valence electrons. The highest BCUT2D eigenvalue weighted by molar-refractivity contribution is 8.00. The molecule has 0 aliphatic carbocycles. The zero-order valence-electron chi connectivity index (χ0n) is 13.6. The molecular formula is C17H33NO2S. The number of nitrogens with one attached hydrogen (secondary N) is 1. The van der Waals surface area contributed by atoms with Crippen LogP contribution >= 0.6 is 11.8 Å². The van der Waals surface area contributed by atoms with Gasteiger partial charge in [-0.2, -0.15) is 0 Å². The third-order valence-corrected chi connectivity index (χ3v) is 5.52. The molecule has 0 saturated carbocycles. The molecule has 0 unspecified atom stereocenters. The molecule has 4 heteroatoms. The summed E-state index contributed by atoms with van der Waals surface area (Å²) >= 11 is 1.77. The van der Waals surface area contributed by atoms with Gasteiger partial charge in [-0.25, -0.2) is 0 Å². The van der Waals surface area contributed by atoms with Gasteiger partial charge in [0, 0.05) is 5.75 Å². The lowest BCUT2D eigenvalue weighted by Crippen LogP contribution is -2.36. The summed E-state index contributed by atoms with van der Waals surface area (Å²) in [6, 6.07) is -0.326. The summed E-state index contributed by atoms with van der Waals surface area (Å²) in [5.74, 6) is 0.0156. The van der Waals surface area contributed by atoms with Crippen LogP contribution in [-0.4, -0.2) is 28.2 Å². The van der Waals surface area contributed by atoms with Crippen molar-refractivity contribution in [3.63, 3.8) is 0 Å². The van der Waals surface area contributed by atoms with Gasteiger partial charge >= 0.3 is 5.97 Å². The Morgan fingerprint density at radius 2 is 1.52 bits per heavy atom. The number of unbranched alkanes of at least 4 members (excludes halogenated alkanes) is 10. The molecule has 21 heavy (non-hydrogen) atoms. The fourth-order valence-corrected chi connectivity index (χ4v) is 4.09. The Balaban J connectivity index is 1.80. The van der Waals surface area contributed by atoms with Gasteiger partial charge in [0.05, 0.1) is 5.37 Å². The molecule has 1 rings (SSSR count). The molecule has 0 aromatic heterocycles. The summed E-state index contributed by atoms with van der Waals surface area (Å²) in [4.78, 5) is 10.8. The molecule has 3 nitrogen and oxygen atoms in total. The quantitative estimate of drug-likeness (QED) is 0.479. The van der Waals surface area contributed by atoms with Gasteiger partial charge in [-0.1, -0.05) is 77.6 Å². The van der Waals surface area contributed by atoms with Crippen LogP contribution in [0.5, 0.6) is 0 Å². The molecule has 0 spiro atoms. The molecule has 0 aromatic carbocycles. The van der Waals surface area contributed by atoms with E-state index in [4.69, 9.17) is 5.11 Å². The molecule has 1 saturated heterocycles. The topological polar surface area (TPSA) is 49.3 Å². The van der Waals surface area contributed by atoms with Crippen LogP contribution in [-0.2, 0) is 4.79 Å². The van der Waals surface area contributed by atoms with Gasteiger partial charge in [-0.3, -0.25) is 10.1 Å². The van der Waals surface area contributed by atoms with E-state index in [9.17, 15) is 4.79 Å². The number of carbonyl (C=O) groups is 1. The van der Waals surface area contributed by atoms with E-state index < -0.39 is 5.97 Å². The van der Waals surface area contributed by atoms with Crippen molar-refractivity contribution in [1.82, 2.24) is 5.32 Å². The number of carboxylic acid groups (broad SMARTS) is 1. The monoisotopic (exact) mass is 315 g/mol. The highest BCUT2D eigenvalue weighted by atomic mass is 32.2. The molecule has 1 aliphatic heterocycles. The number of carboxylic acids is 1. The van der Waals surface area contributed by atoms with E-state index in [-0.39, 0.29) is 6.04 Å².